The topological polar surface area (TPSA) is 29.9 Å². The van der Waals surface area contributed by atoms with Crippen molar-refractivity contribution in [3.05, 3.63) is 53.6 Å². The van der Waals surface area contributed by atoms with Crippen LogP contribution in [0, 0.1) is 0 Å². The van der Waals surface area contributed by atoms with E-state index >= 15 is 0 Å². The summed E-state index contributed by atoms with van der Waals surface area (Å²) in [5.41, 5.74) is 2.82. The third-order valence-electron chi connectivity index (χ3n) is 3.83. The van der Waals surface area contributed by atoms with Gasteiger partial charge in [-0.25, -0.2) is 4.98 Å². The molecule has 0 aliphatic carbocycles. The molecule has 0 saturated heterocycles. The highest BCUT2D eigenvalue weighted by Crippen LogP contribution is 2.32. The van der Waals surface area contributed by atoms with Crippen molar-refractivity contribution < 1.29 is 0 Å². The van der Waals surface area contributed by atoms with Crippen LogP contribution in [0.15, 0.2) is 36.7 Å². The molecule has 0 spiro atoms. The normalized spacial score (nSPS) is 13.4. The first-order valence-electron chi connectivity index (χ1n) is 7.82. The van der Waals surface area contributed by atoms with E-state index in [-0.39, 0.29) is 11.5 Å². The Balaban J connectivity index is 2.54. The van der Waals surface area contributed by atoms with Crippen LogP contribution in [0.5, 0.6) is 0 Å². The summed E-state index contributed by atoms with van der Waals surface area (Å²) in [7, 11) is 0. The summed E-state index contributed by atoms with van der Waals surface area (Å²) in [6.45, 7) is 13.0. The van der Waals surface area contributed by atoms with Gasteiger partial charge in [-0.05, 0) is 30.0 Å². The molecule has 0 bridgehead atoms. The number of hydrogen-bond acceptors (Lipinski definition) is 2. The van der Waals surface area contributed by atoms with E-state index in [0.717, 1.165) is 18.9 Å². The zero-order valence-corrected chi connectivity index (χ0v) is 13.9. The van der Waals surface area contributed by atoms with Crippen molar-refractivity contribution in [3.63, 3.8) is 0 Å². The first kappa shape index (κ1) is 15.8. The maximum absolute atomic E-state index is 4.61. The summed E-state index contributed by atoms with van der Waals surface area (Å²) >= 11 is 0. The summed E-state index contributed by atoms with van der Waals surface area (Å²) < 4.78 is 2.22. The second-order valence-electron chi connectivity index (χ2n) is 6.40. The predicted octanol–water partition coefficient (Wildman–Crippen LogP) is 3.90. The van der Waals surface area contributed by atoms with Gasteiger partial charge in [0.15, 0.2) is 0 Å². The van der Waals surface area contributed by atoms with E-state index < -0.39 is 0 Å². The quantitative estimate of drug-likeness (QED) is 0.903. The fraction of sp³-hybridized carbons (Fsp3) is 0.500. The van der Waals surface area contributed by atoms with Crippen LogP contribution in [0.2, 0.25) is 0 Å². The molecule has 0 radical (unpaired) electrons. The lowest BCUT2D eigenvalue weighted by Gasteiger charge is -2.28. The van der Waals surface area contributed by atoms with Crippen LogP contribution < -0.4 is 5.32 Å². The van der Waals surface area contributed by atoms with E-state index in [2.05, 4.69) is 79.9 Å². The van der Waals surface area contributed by atoms with E-state index in [4.69, 9.17) is 0 Å². The van der Waals surface area contributed by atoms with Crippen molar-refractivity contribution in [2.75, 3.05) is 6.54 Å². The Hall–Kier alpha value is -1.61. The van der Waals surface area contributed by atoms with Gasteiger partial charge in [-0.1, -0.05) is 52.0 Å². The fourth-order valence-corrected chi connectivity index (χ4v) is 2.82. The van der Waals surface area contributed by atoms with Crippen molar-refractivity contribution in [2.24, 2.45) is 0 Å². The second-order valence-corrected chi connectivity index (χ2v) is 6.40. The maximum atomic E-state index is 4.61. The molecule has 1 heterocycles. The lowest BCUT2D eigenvalue weighted by Crippen LogP contribution is -2.28. The van der Waals surface area contributed by atoms with E-state index in [1.54, 1.807) is 0 Å². The van der Waals surface area contributed by atoms with Crippen LogP contribution in [0.3, 0.4) is 0 Å². The number of nitrogens with zero attached hydrogens (tertiary/aromatic N) is 2. The van der Waals surface area contributed by atoms with Gasteiger partial charge in [-0.15, -0.1) is 0 Å². The van der Waals surface area contributed by atoms with E-state index in [1.807, 2.05) is 6.20 Å². The molecule has 0 aliphatic heterocycles. The number of nitrogens with one attached hydrogen (secondary N) is 1. The minimum absolute atomic E-state index is 0.119. The molecule has 1 aromatic carbocycles. The Bertz CT molecular complexity index is 578. The average molecular weight is 285 g/mol. The van der Waals surface area contributed by atoms with Gasteiger partial charge in [0.25, 0.3) is 0 Å². The summed E-state index contributed by atoms with van der Waals surface area (Å²) in [6.07, 6.45) is 3.95. The molecule has 2 rings (SSSR count). The van der Waals surface area contributed by atoms with Gasteiger partial charge in [-0.3, -0.25) is 0 Å². The van der Waals surface area contributed by atoms with Crippen LogP contribution in [0.1, 0.15) is 57.6 Å². The van der Waals surface area contributed by atoms with Gasteiger partial charge in [-0.2, -0.15) is 0 Å². The van der Waals surface area contributed by atoms with Gasteiger partial charge in [0.05, 0.1) is 6.04 Å². The molecule has 0 aliphatic rings. The van der Waals surface area contributed by atoms with Gasteiger partial charge < -0.3 is 9.88 Å². The van der Waals surface area contributed by atoms with E-state index in [0.29, 0.717) is 0 Å². The fourth-order valence-electron chi connectivity index (χ4n) is 2.82. The Morgan fingerprint density at radius 3 is 2.52 bits per heavy atom. The molecular weight excluding hydrogens is 258 g/mol. The molecule has 0 amide bonds. The standard InChI is InChI=1S/C18H27N3/c1-6-19-16(17-20-12-13-21(17)7-2)14-10-8-9-11-15(14)18(3,4)5/h8-13,16,19H,6-7H2,1-5H3. The molecule has 1 N–H and O–H groups in total. The van der Waals surface area contributed by atoms with Crippen LogP contribution >= 0.6 is 0 Å². The Labute approximate surface area is 128 Å². The molecule has 114 valence electrons. The molecule has 0 saturated carbocycles. The number of benzene rings is 1. The average Bonchev–Trinajstić information content (AvgIpc) is 2.92. The van der Waals surface area contributed by atoms with Gasteiger partial charge in [0.1, 0.15) is 5.82 Å². The number of imidazole rings is 1. The molecule has 1 atom stereocenters. The van der Waals surface area contributed by atoms with E-state index in [9.17, 15) is 0 Å². The lowest BCUT2D eigenvalue weighted by atomic mass is 9.81. The van der Waals surface area contributed by atoms with Crippen LogP contribution in [-0.2, 0) is 12.0 Å². The molecule has 3 heteroatoms. The van der Waals surface area contributed by atoms with Crippen molar-refractivity contribution in [1.82, 2.24) is 14.9 Å². The number of aromatic nitrogens is 2. The SMILES string of the molecule is CCNC(c1ccccc1C(C)(C)C)c1nccn1CC. The van der Waals surface area contributed by atoms with Crippen LogP contribution in [0.4, 0.5) is 0 Å². The number of aryl methyl sites for hydroxylation is 1. The van der Waals surface area contributed by atoms with Gasteiger partial charge in [0.2, 0.25) is 0 Å². The second kappa shape index (κ2) is 6.44. The first-order chi connectivity index (χ1) is 9.99. The van der Waals surface area contributed by atoms with Crippen molar-refractivity contribution >= 4 is 0 Å². The van der Waals surface area contributed by atoms with E-state index in [1.165, 1.54) is 11.1 Å². The molecule has 1 aromatic heterocycles. The largest absolute Gasteiger partial charge is 0.334 e. The molecule has 3 nitrogen and oxygen atoms in total. The third-order valence-corrected chi connectivity index (χ3v) is 3.83. The highest BCUT2D eigenvalue weighted by atomic mass is 15.1. The minimum Gasteiger partial charge on any atom is -0.334 e. The predicted molar refractivity (Wildman–Crippen MR) is 88.6 cm³/mol. The Morgan fingerprint density at radius 1 is 1.19 bits per heavy atom. The molecular formula is C18H27N3. The van der Waals surface area contributed by atoms with Crippen molar-refractivity contribution in [1.29, 1.82) is 0 Å². The lowest BCUT2D eigenvalue weighted by molar-refractivity contribution is 0.528. The van der Waals surface area contributed by atoms with Gasteiger partial charge in [0, 0.05) is 18.9 Å². The summed E-state index contributed by atoms with van der Waals surface area (Å²) in [5, 5.41) is 3.61. The first-order valence-corrected chi connectivity index (χ1v) is 7.82. The highest BCUT2D eigenvalue weighted by Gasteiger charge is 2.25. The molecule has 21 heavy (non-hydrogen) atoms. The molecule has 1 unspecified atom stereocenters. The summed E-state index contributed by atoms with van der Waals surface area (Å²) in [5.74, 6) is 1.09. The molecule has 0 fully saturated rings. The van der Waals surface area contributed by atoms with Crippen molar-refractivity contribution in [2.45, 2.75) is 52.6 Å². The zero-order chi connectivity index (χ0) is 15.5. The monoisotopic (exact) mass is 285 g/mol. The highest BCUT2D eigenvalue weighted by molar-refractivity contribution is 5.38. The number of hydrogen-bond donors (Lipinski definition) is 1. The zero-order valence-electron chi connectivity index (χ0n) is 13.9. The maximum Gasteiger partial charge on any atom is 0.130 e. The van der Waals surface area contributed by atoms with Crippen LogP contribution in [0.25, 0.3) is 0 Å². The number of rotatable bonds is 5. The van der Waals surface area contributed by atoms with Crippen LogP contribution in [-0.4, -0.2) is 16.1 Å². The third kappa shape index (κ3) is 3.35. The Kier molecular flexibility index (Phi) is 4.84. The van der Waals surface area contributed by atoms with Crippen molar-refractivity contribution in [3.8, 4) is 0 Å². The Morgan fingerprint density at radius 2 is 1.90 bits per heavy atom. The summed E-state index contributed by atoms with van der Waals surface area (Å²) in [6, 6.07) is 8.84. The summed E-state index contributed by atoms with van der Waals surface area (Å²) in [4.78, 5) is 4.61. The minimum atomic E-state index is 0.119. The van der Waals surface area contributed by atoms with Gasteiger partial charge >= 0.3 is 0 Å². The smallest absolute Gasteiger partial charge is 0.130 e. The molecule has 2 aromatic rings.